The van der Waals surface area contributed by atoms with Gasteiger partial charge in [-0.15, -0.1) is 0 Å². The molecule has 1 aromatic heterocycles. The Morgan fingerprint density at radius 2 is 1.93 bits per heavy atom. The molecule has 15 heavy (non-hydrogen) atoms. The lowest BCUT2D eigenvalue weighted by Crippen LogP contribution is -1.84. The molecule has 0 fully saturated rings. The van der Waals surface area contributed by atoms with Crippen molar-refractivity contribution < 1.29 is 0 Å². The van der Waals surface area contributed by atoms with Gasteiger partial charge in [0.2, 0.25) is 0 Å². The second-order valence-electron chi connectivity index (χ2n) is 3.47. The minimum absolute atomic E-state index is 0.595. The van der Waals surface area contributed by atoms with Gasteiger partial charge < -0.3 is 10.7 Å². The van der Waals surface area contributed by atoms with Crippen molar-refractivity contribution in [2.24, 2.45) is 0 Å². The molecule has 1 heterocycles. The molecule has 3 heteroatoms. The number of nitrogen functional groups attached to an aromatic ring is 1. The first kappa shape index (κ1) is 9.35. The Bertz CT molecular complexity index is 515. The summed E-state index contributed by atoms with van der Waals surface area (Å²) >= 11 is 0. The molecule has 0 aliphatic rings. The molecule has 2 aromatic rings. The van der Waals surface area contributed by atoms with Crippen molar-refractivity contribution in [3.05, 3.63) is 41.7 Å². The molecule has 0 radical (unpaired) electrons. The Morgan fingerprint density at radius 3 is 2.53 bits per heavy atom. The highest BCUT2D eigenvalue weighted by Gasteiger charge is 2.07. The SMILES string of the molecule is Cc1cc(-c2ccc(N)cc2)c(C#N)[nH]1. The fraction of sp³-hybridized carbons (Fsp3) is 0.0833. The van der Waals surface area contributed by atoms with Crippen LogP contribution in [0.5, 0.6) is 0 Å². The summed E-state index contributed by atoms with van der Waals surface area (Å²) in [5.74, 6) is 0. The highest BCUT2D eigenvalue weighted by Crippen LogP contribution is 2.24. The molecule has 0 atom stereocenters. The van der Waals surface area contributed by atoms with E-state index in [2.05, 4.69) is 11.1 Å². The molecular weight excluding hydrogens is 186 g/mol. The van der Waals surface area contributed by atoms with Crippen LogP contribution in [0.3, 0.4) is 0 Å². The number of benzene rings is 1. The van der Waals surface area contributed by atoms with Crippen molar-refractivity contribution in [3.8, 4) is 17.2 Å². The fourth-order valence-corrected chi connectivity index (χ4v) is 1.57. The number of anilines is 1. The Morgan fingerprint density at radius 1 is 1.27 bits per heavy atom. The predicted molar refractivity (Wildman–Crippen MR) is 60.1 cm³/mol. The molecule has 0 unspecified atom stereocenters. The monoisotopic (exact) mass is 197 g/mol. The lowest BCUT2D eigenvalue weighted by molar-refractivity contribution is 1.23. The van der Waals surface area contributed by atoms with Crippen molar-refractivity contribution in [3.63, 3.8) is 0 Å². The minimum Gasteiger partial charge on any atom is -0.399 e. The van der Waals surface area contributed by atoms with E-state index in [1.165, 1.54) is 0 Å². The number of aryl methyl sites for hydroxylation is 1. The zero-order valence-electron chi connectivity index (χ0n) is 8.41. The van der Waals surface area contributed by atoms with Crippen molar-refractivity contribution in [1.29, 1.82) is 5.26 Å². The number of nitrogens with two attached hydrogens (primary N) is 1. The number of hydrogen-bond acceptors (Lipinski definition) is 2. The molecule has 3 N–H and O–H groups in total. The molecule has 0 bridgehead atoms. The van der Waals surface area contributed by atoms with E-state index < -0.39 is 0 Å². The Labute approximate surface area is 88.2 Å². The number of hydrogen-bond donors (Lipinski definition) is 2. The van der Waals surface area contributed by atoms with Crippen LogP contribution in [-0.2, 0) is 0 Å². The fourth-order valence-electron chi connectivity index (χ4n) is 1.57. The molecule has 0 aliphatic carbocycles. The van der Waals surface area contributed by atoms with Gasteiger partial charge in [-0.05, 0) is 30.7 Å². The number of rotatable bonds is 1. The Balaban J connectivity index is 2.54. The average Bonchev–Trinajstić information content (AvgIpc) is 2.61. The summed E-state index contributed by atoms with van der Waals surface area (Å²) < 4.78 is 0. The third-order valence-corrected chi connectivity index (χ3v) is 2.29. The van der Waals surface area contributed by atoms with Crippen LogP contribution >= 0.6 is 0 Å². The lowest BCUT2D eigenvalue weighted by Gasteiger charge is -1.99. The maximum Gasteiger partial charge on any atom is 0.125 e. The average molecular weight is 197 g/mol. The van der Waals surface area contributed by atoms with E-state index in [4.69, 9.17) is 11.0 Å². The van der Waals surface area contributed by atoms with Gasteiger partial charge >= 0.3 is 0 Å². The zero-order chi connectivity index (χ0) is 10.8. The summed E-state index contributed by atoms with van der Waals surface area (Å²) in [7, 11) is 0. The van der Waals surface area contributed by atoms with E-state index in [0.29, 0.717) is 5.69 Å². The summed E-state index contributed by atoms with van der Waals surface area (Å²) in [6, 6.07) is 11.6. The van der Waals surface area contributed by atoms with Gasteiger partial charge in [-0.1, -0.05) is 12.1 Å². The highest BCUT2D eigenvalue weighted by molar-refractivity contribution is 5.71. The zero-order valence-corrected chi connectivity index (χ0v) is 8.41. The van der Waals surface area contributed by atoms with E-state index in [-0.39, 0.29) is 0 Å². The van der Waals surface area contributed by atoms with Gasteiger partial charge in [0, 0.05) is 16.9 Å². The van der Waals surface area contributed by atoms with Crippen molar-refractivity contribution in [1.82, 2.24) is 4.98 Å². The first-order valence-electron chi connectivity index (χ1n) is 4.66. The third kappa shape index (κ3) is 1.70. The summed E-state index contributed by atoms with van der Waals surface area (Å²) in [5, 5.41) is 8.94. The molecule has 2 rings (SSSR count). The number of aromatic nitrogens is 1. The van der Waals surface area contributed by atoms with Crippen molar-refractivity contribution in [2.45, 2.75) is 6.92 Å². The molecule has 0 saturated heterocycles. The second-order valence-corrected chi connectivity index (χ2v) is 3.47. The van der Waals surface area contributed by atoms with E-state index in [0.717, 1.165) is 22.5 Å². The van der Waals surface area contributed by atoms with Gasteiger partial charge in [-0.25, -0.2) is 0 Å². The maximum atomic E-state index is 8.94. The van der Waals surface area contributed by atoms with Crippen LogP contribution in [0.4, 0.5) is 5.69 Å². The van der Waals surface area contributed by atoms with Gasteiger partial charge in [0.15, 0.2) is 0 Å². The predicted octanol–water partition coefficient (Wildman–Crippen LogP) is 2.44. The van der Waals surface area contributed by atoms with Crippen LogP contribution in [0.15, 0.2) is 30.3 Å². The van der Waals surface area contributed by atoms with E-state index in [9.17, 15) is 0 Å². The van der Waals surface area contributed by atoms with Crippen LogP contribution in [0.1, 0.15) is 11.4 Å². The summed E-state index contributed by atoms with van der Waals surface area (Å²) in [4.78, 5) is 3.02. The number of nitrogens with zero attached hydrogens (tertiary/aromatic N) is 1. The first-order valence-corrected chi connectivity index (χ1v) is 4.66. The van der Waals surface area contributed by atoms with Gasteiger partial charge in [0.05, 0.1) is 0 Å². The van der Waals surface area contributed by atoms with E-state index in [1.54, 1.807) is 0 Å². The minimum atomic E-state index is 0.595. The molecular formula is C12H11N3. The number of H-pyrrole nitrogens is 1. The standard InChI is InChI=1S/C12H11N3/c1-8-6-11(12(7-13)15-8)9-2-4-10(14)5-3-9/h2-6,15H,14H2,1H3. The largest absolute Gasteiger partial charge is 0.399 e. The van der Waals surface area contributed by atoms with E-state index in [1.807, 2.05) is 37.3 Å². The van der Waals surface area contributed by atoms with Crippen LogP contribution < -0.4 is 5.73 Å². The van der Waals surface area contributed by atoms with Crippen molar-refractivity contribution in [2.75, 3.05) is 5.73 Å². The summed E-state index contributed by atoms with van der Waals surface area (Å²) in [6.45, 7) is 1.93. The van der Waals surface area contributed by atoms with Crippen LogP contribution in [0.2, 0.25) is 0 Å². The molecule has 3 nitrogen and oxygen atoms in total. The smallest absolute Gasteiger partial charge is 0.125 e. The number of nitriles is 1. The highest BCUT2D eigenvalue weighted by atomic mass is 14.7. The van der Waals surface area contributed by atoms with Gasteiger partial charge in [-0.2, -0.15) is 5.26 Å². The third-order valence-electron chi connectivity index (χ3n) is 2.29. The maximum absolute atomic E-state index is 8.94. The first-order chi connectivity index (χ1) is 7.20. The number of nitrogens with one attached hydrogen (secondary N) is 1. The molecule has 0 amide bonds. The topological polar surface area (TPSA) is 65.6 Å². The summed E-state index contributed by atoms with van der Waals surface area (Å²) in [5.41, 5.74) is 9.84. The molecule has 74 valence electrons. The second kappa shape index (κ2) is 3.50. The van der Waals surface area contributed by atoms with Gasteiger partial charge in [-0.3, -0.25) is 0 Å². The Hall–Kier alpha value is -2.21. The normalized spacial score (nSPS) is 9.87. The quantitative estimate of drug-likeness (QED) is 0.689. The van der Waals surface area contributed by atoms with Crippen LogP contribution in [0, 0.1) is 18.3 Å². The molecule has 1 aromatic carbocycles. The van der Waals surface area contributed by atoms with Crippen molar-refractivity contribution >= 4 is 5.69 Å². The van der Waals surface area contributed by atoms with Gasteiger partial charge in [0.25, 0.3) is 0 Å². The number of aromatic amines is 1. The lowest BCUT2D eigenvalue weighted by atomic mass is 10.1. The molecule has 0 saturated carbocycles. The van der Waals surface area contributed by atoms with E-state index >= 15 is 0 Å². The Kier molecular flexibility index (Phi) is 2.18. The molecule has 0 spiro atoms. The summed E-state index contributed by atoms with van der Waals surface area (Å²) in [6.07, 6.45) is 0. The van der Waals surface area contributed by atoms with Gasteiger partial charge in [0.1, 0.15) is 11.8 Å². The van der Waals surface area contributed by atoms with Crippen LogP contribution in [-0.4, -0.2) is 4.98 Å². The van der Waals surface area contributed by atoms with Crippen LogP contribution in [0.25, 0.3) is 11.1 Å². The molecule has 0 aliphatic heterocycles.